The number of benzene rings is 1. The van der Waals surface area contributed by atoms with E-state index in [0.717, 1.165) is 11.3 Å². The van der Waals surface area contributed by atoms with Crippen LogP contribution in [0.4, 0.5) is 0 Å². The molecule has 1 aromatic carbocycles. The van der Waals surface area contributed by atoms with Crippen molar-refractivity contribution in [2.24, 2.45) is 0 Å². The van der Waals surface area contributed by atoms with Gasteiger partial charge in [0.15, 0.2) is 12.6 Å². The lowest BCUT2D eigenvalue weighted by molar-refractivity contribution is 0.0506. The molecule has 0 atom stereocenters. The first-order valence-corrected chi connectivity index (χ1v) is 4.38. The number of ether oxygens (including phenoxy) is 2. The van der Waals surface area contributed by atoms with Crippen LogP contribution in [0.1, 0.15) is 22.8 Å². The quantitative estimate of drug-likeness (QED) is 0.544. The Morgan fingerprint density at radius 1 is 1.43 bits per heavy atom. The first kappa shape index (κ1) is 10.7. The van der Waals surface area contributed by atoms with Gasteiger partial charge in [-0.15, -0.1) is 0 Å². The zero-order chi connectivity index (χ0) is 10.6. The molecule has 0 N–H and O–H groups in total. The number of Topliss-reactive ketones (excluding diaryl/α,β-unsaturated/α-hetero) is 1. The molecule has 14 heavy (non-hydrogen) atoms. The minimum Gasteiger partial charge on any atom is -0.467 e. The van der Waals surface area contributed by atoms with Crippen LogP contribution in [0.5, 0.6) is 5.75 Å². The molecule has 0 aliphatic rings. The van der Waals surface area contributed by atoms with Crippen molar-refractivity contribution in [2.45, 2.75) is 13.8 Å². The number of hydrogen-bond donors (Lipinski definition) is 0. The van der Waals surface area contributed by atoms with Crippen molar-refractivity contribution < 1.29 is 14.3 Å². The van der Waals surface area contributed by atoms with E-state index in [1.54, 1.807) is 26.2 Å². The zero-order valence-corrected chi connectivity index (χ0v) is 8.66. The summed E-state index contributed by atoms with van der Waals surface area (Å²) >= 11 is 0. The molecule has 0 saturated heterocycles. The number of carbonyl (C=O) groups is 1. The van der Waals surface area contributed by atoms with Crippen molar-refractivity contribution in [3.8, 4) is 5.75 Å². The maximum Gasteiger partial charge on any atom is 0.188 e. The molecule has 0 aliphatic carbocycles. The van der Waals surface area contributed by atoms with Crippen LogP contribution in [0, 0.1) is 6.92 Å². The fourth-order valence-electron chi connectivity index (χ4n) is 1.15. The van der Waals surface area contributed by atoms with E-state index in [1.165, 1.54) is 0 Å². The first-order chi connectivity index (χ1) is 6.65. The van der Waals surface area contributed by atoms with Crippen LogP contribution in [0.25, 0.3) is 0 Å². The predicted octanol–water partition coefficient (Wildman–Crippen LogP) is 2.18. The Balaban J connectivity index is 2.84. The second-order valence-electron chi connectivity index (χ2n) is 3.09. The van der Waals surface area contributed by atoms with Crippen LogP contribution in [0.2, 0.25) is 0 Å². The van der Waals surface area contributed by atoms with Crippen LogP contribution in [0.15, 0.2) is 18.2 Å². The number of carbonyl (C=O) groups excluding carboxylic acids is 1. The van der Waals surface area contributed by atoms with Crippen LogP contribution in [-0.4, -0.2) is 19.7 Å². The van der Waals surface area contributed by atoms with Crippen molar-refractivity contribution in [3.63, 3.8) is 0 Å². The minimum atomic E-state index is 0.0615. The van der Waals surface area contributed by atoms with E-state index in [0.29, 0.717) is 5.56 Å². The molecule has 0 radical (unpaired) electrons. The van der Waals surface area contributed by atoms with Crippen molar-refractivity contribution in [2.75, 3.05) is 13.9 Å². The summed E-state index contributed by atoms with van der Waals surface area (Å²) in [5, 5.41) is 0. The third-order valence-electron chi connectivity index (χ3n) is 1.91. The highest BCUT2D eigenvalue weighted by atomic mass is 16.7. The van der Waals surface area contributed by atoms with Crippen molar-refractivity contribution in [3.05, 3.63) is 29.3 Å². The van der Waals surface area contributed by atoms with Gasteiger partial charge in [0, 0.05) is 12.7 Å². The fourth-order valence-corrected chi connectivity index (χ4v) is 1.15. The standard InChI is InChI=1S/C11H14O3/c1-8-6-10(9(2)12)4-5-11(8)14-7-13-3/h4-6H,7H2,1-3H3. The number of rotatable bonds is 4. The van der Waals surface area contributed by atoms with E-state index in [9.17, 15) is 4.79 Å². The van der Waals surface area contributed by atoms with Gasteiger partial charge in [0.2, 0.25) is 0 Å². The van der Waals surface area contributed by atoms with Gasteiger partial charge in [-0.1, -0.05) is 0 Å². The van der Waals surface area contributed by atoms with Crippen molar-refractivity contribution >= 4 is 5.78 Å². The zero-order valence-electron chi connectivity index (χ0n) is 8.66. The molecule has 0 unspecified atom stereocenters. The van der Waals surface area contributed by atoms with Gasteiger partial charge < -0.3 is 9.47 Å². The molecule has 0 heterocycles. The number of hydrogen-bond acceptors (Lipinski definition) is 3. The van der Waals surface area contributed by atoms with Gasteiger partial charge in [0.1, 0.15) is 5.75 Å². The monoisotopic (exact) mass is 194 g/mol. The van der Waals surface area contributed by atoms with Crippen LogP contribution in [-0.2, 0) is 4.74 Å². The Labute approximate surface area is 83.6 Å². The average molecular weight is 194 g/mol. The first-order valence-electron chi connectivity index (χ1n) is 4.38. The van der Waals surface area contributed by atoms with Crippen LogP contribution >= 0.6 is 0 Å². The smallest absolute Gasteiger partial charge is 0.188 e. The molecule has 0 amide bonds. The van der Waals surface area contributed by atoms with Gasteiger partial charge in [-0.25, -0.2) is 0 Å². The molecule has 76 valence electrons. The Morgan fingerprint density at radius 2 is 2.14 bits per heavy atom. The maximum atomic E-state index is 11.1. The van der Waals surface area contributed by atoms with Gasteiger partial charge in [0.25, 0.3) is 0 Å². The summed E-state index contributed by atoms with van der Waals surface area (Å²) < 4.78 is 10.1. The topological polar surface area (TPSA) is 35.5 Å². The molecule has 1 aromatic rings. The van der Waals surface area contributed by atoms with E-state index >= 15 is 0 Å². The summed E-state index contributed by atoms with van der Waals surface area (Å²) in [6.07, 6.45) is 0. The lowest BCUT2D eigenvalue weighted by Gasteiger charge is -2.08. The Morgan fingerprint density at radius 3 is 2.64 bits per heavy atom. The number of aryl methyl sites for hydroxylation is 1. The van der Waals surface area contributed by atoms with Crippen LogP contribution in [0.3, 0.4) is 0 Å². The number of ketones is 1. The van der Waals surface area contributed by atoms with Gasteiger partial charge >= 0.3 is 0 Å². The minimum absolute atomic E-state index is 0.0615. The highest BCUT2D eigenvalue weighted by molar-refractivity contribution is 5.94. The molecule has 3 nitrogen and oxygen atoms in total. The second-order valence-corrected chi connectivity index (χ2v) is 3.09. The van der Waals surface area contributed by atoms with Crippen molar-refractivity contribution in [1.29, 1.82) is 0 Å². The van der Waals surface area contributed by atoms with E-state index in [-0.39, 0.29) is 12.6 Å². The predicted molar refractivity (Wildman–Crippen MR) is 53.7 cm³/mol. The molecule has 0 fully saturated rings. The molecule has 3 heteroatoms. The third-order valence-corrected chi connectivity index (χ3v) is 1.91. The summed E-state index contributed by atoms with van der Waals surface area (Å²) in [6.45, 7) is 3.67. The SMILES string of the molecule is COCOc1ccc(C(C)=O)cc1C. The highest BCUT2D eigenvalue weighted by Crippen LogP contribution is 2.19. The summed E-state index contributed by atoms with van der Waals surface area (Å²) in [5.41, 5.74) is 1.64. The molecule has 0 saturated carbocycles. The maximum absolute atomic E-state index is 11.1. The van der Waals surface area contributed by atoms with E-state index in [1.807, 2.05) is 13.0 Å². The van der Waals surface area contributed by atoms with E-state index in [4.69, 9.17) is 9.47 Å². The van der Waals surface area contributed by atoms with Crippen molar-refractivity contribution in [1.82, 2.24) is 0 Å². The molecule has 0 bridgehead atoms. The van der Waals surface area contributed by atoms with E-state index in [2.05, 4.69) is 0 Å². The Kier molecular flexibility index (Phi) is 3.65. The summed E-state index contributed by atoms with van der Waals surface area (Å²) in [5.74, 6) is 0.809. The Bertz CT molecular complexity index is 331. The molecule has 1 rings (SSSR count). The molecule has 0 spiro atoms. The van der Waals surface area contributed by atoms with Crippen LogP contribution < -0.4 is 4.74 Å². The molecular weight excluding hydrogens is 180 g/mol. The van der Waals surface area contributed by atoms with Gasteiger partial charge in [0.05, 0.1) is 0 Å². The summed E-state index contributed by atoms with van der Waals surface area (Å²) in [4.78, 5) is 11.1. The highest BCUT2D eigenvalue weighted by Gasteiger charge is 2.03. The summed E-state index contributed by atoms with van der Waals surface area (Å²) in [7, 11) is 1.57. The summed E-state index contributed by atoms with van der Waals surface area (Å²) in [6, 6.07) is 5.35. The third kappa shape index (κ3) is 2.57. The second kappa shape index (κ2) is 4.77. The lowest BCUT2D eigenvalue weighted by atomic mass is 10.1. The van der Waals surface area contributed by atoms with Gasteiger partial charge in [-0.2, -0.15) is 0 Å². The largest absolute Gasteiger partial charge is 0.467 e. The molecule has 0 aliphatic heterocycles. The van der Waals surface area contributed by atoms with Gasteiger partial charge in [-0.3, -0.25) is 4.79 Å². The lowest BCUT2D eigenvalue weighted by Crippen LogP contribution is -2.01. The normalized spacial score (nSPS) is 9.93. The molecule has 0 aromatic heterocycles. The van der Waals surface area contributed by atoms with E-state index < -0.39 is 0 Å². The Hall–Kier alpha value is -1.35. The molecular formula is C11H14O3. The number of methoxy groups -OCH3 is 1. The fraction of sp³-hybridized carbons (Fsp3) is 0.364. The van der Waals surface area contributed by atoms with Gasteiger partial charge in [-0.05, 0) is 37.6 Å². The average Bonchev–Trinajstić information content (AvgIpc) is 2.15.